The monoisotopic (exact) mass is 153 g/mol. The van der Waals surface area contributed by atoms with Crippen LogP contribution in [0.3, 0.4) is 0 Å². The van der Waals surface area contributed by atoms with Gasteiger partial charge >= 0.3 is 0 Å². The molecular weight excluding hydrogens is 134 g/mol. The zero-order valence-corrected chi connectivity index (χ0v) is 8.15. The number of nitrogens with zero attached hydrogens (tertiary/aromatic N) is 1. The molecule has 0 aliphatic carbocycles. The summed E-state index contributed by atoms with van der Waals surface area (Å²) in [5.74, 6) is 0.717. The Hall–Kier alpha value is -0.510. The molecule has 11 heavy (non-hydrogen) atoms. The van der Waals surface area contributed by atoms with Crippen LogP contribution < -0.4 is 0 Å². The molecule has 0 saturated carbocycles. The zero-order chi connectivity index (χ0) is 8.91. The van der Waals surface area contributed by atoms with E-state index in [2.05, 4.69) is 33.8 Å². The first-order chi connectivity index (χ1) is 5.04. The van der Waals surface area contributed by atoms with E-state index >= 15 is 0 Å². The fraction of sp³-hybridized carbons (Fsp3) is 0.900. The molecule has 0 aromatic rings. The van der Waals surface area contributed by atoms with Crippen LogP contribution in [0.25, 0.3) is 0 Å². The van der Waals surface area contributed by atoms with Crippen molar-refractivity contribution in [2.45, 2.75) is 47.0 Å². The molecule has 0 radical (unpaired) electrons. The molecule has 1 atom stereocenters. The Morgan fingerprint density at radius 2 is 2.00 bits per heavy atom. The second-order valence-corrected chi connectivity index (χ2v) is 3.96. The molecule has 1 heteroatoms. The van der Waals surface area contributed by atoms with Gasteiger partial charge in [0.2, 0.25) is 0 Å². The van der Waals surface area contributed by atoms with Crippen molar-refractivity contribution in [1.82, 2.24) is 0 Å². The summed E-state index contributed by atoms with van der Waals surface area (Å²) in [6.07, 6.45) is 3.17. The Labute approximate surface area is 70.4 Å². The zero-order valence-electron chi connectivity index (χ0n) is 8.15. The van der Waals surface area contributed by atoms with Crippen molar-refractivity contribution in [3.8, 4) is 6.07 Å². The minimum absolute atomic E-state index is 0.0791. The molecule has 0 aromatic carbocycles. The second-order valence-electron chi connectivity index (χ2n) is 3.96. The summed E-state index contributed by atoms with van der Waals surface area (Å²) in [4.78, 5) is 0. The molecule has 1 unspecified atom stereocenters. The summed E-state index contributed by atoms with van der Waals surface area (Å²) in [6.45, 7) is 8.54. The lowest BCUT2D eigenvalue weighted by Gasteiger charge is -2.19. The SMILES string of the molecule is CCC(C)(C#N)CCC(C)C. The van der Waals surface area contributed by atoms with E-state index in [0.717, 1.165) is 19.3 Å². The molecule has 0 saturated heterocycles. The molecule has 64 valence electrons. The standard InChI is InChI=1S/C10H19N/c1-5-10(4,8-11)7-6-9(2)3/h9H,5-7H2,1-4H3. The smallest absolute Gasteiger partial charge is 0.0686 e. The molecular formula is C10H19N. The summed E-state index contributed by atoms with van der Waals surface area (Å²) >= 11 is 0. The summed E-state index contributed by atoms with van der Waals surface area (Å²) in [5, 5.41) is 8.85. The molecule has 1 nitrogen and oxygen atoms in total. The van der Waals surface area contributed by atoms with E-state index in [1.54, 1.807) is 0 Å². The first-order valence-electron chi connectivity index (χ1n) is 4.45. The predicted octanol–water partition coefficient (Wildman–Crippen LogP) is 3.36. The van der Waals surface area contributed by atoms with Crippen molar-refractivity contribution in [3.05, 3.63) is 0 Å². The fourth-order valence-electron chi connectivity index (χ4n) is 0.919. The van der Waals surface area contributed by atoms with Gasteiger partial charge in [-0.1, -0.05) is 20.8 Å². The third-order valence-electron chi connectivity index (χ3n) is 2.32. The van der Waals surface area contributed by atoms with Crippen molar-refractivity contribution in [2.24, 2.45) is 11.3 Å². The number of nitriles is 1. The normalized spacial score (nSPS) is 16.0. The molecule has 0 aliphatic rings. The second kappa shape index (κ2) is 4.38. The van der Waals surface area contributed by atoms with Gasteiger partial charge in [-0.25, -0.2) is 0 Å². The summed E-state index contributed by atoms with van der Waals surface area (Å²) in [5.41, 5.74) is -0.0791. The largest absolute Gasteiger partial charge is 0.198 e. The van der Waals surface area contributed by atoms with Crippen molar-refractivity contribution < 1.29 is 0 Å². The Morgan fingerprint density at radius 1 is 1.45 bits per heavy atom. The summed E-state index contributed by atoms with van der Waals surface area (Å²) in [7, 11) is 0. The van der Waals surface area contributed by atoms with Gasteiger partial charge in [0.15, 0.2) is 0 Å². The van der Waals surface area contributed by atoms with E-state index in [1.807, 2.05) is 0 Å². The van der Waals surface area contributed by atoms with Crippen LogP contribution in [-0.4, -0.2) is 0 Å². The average molecular weight is 153 g/mol. The van der Waals surface area contributed by atoms with Gasteiger partial charge < -0.3 is 0 Å². The van der Waals surface area contributed by atoms with Crippen LogP contribution in [0.5, 0.6) is 0 Å². The van der Waals surface area contributed by atoms with Crippen molar-refractivity contribution >= 4 is 0 Å². The Kier molecular flexibility index (Phi) is 4.18. The molecule has 0 aliphatic heterocycles. The van der Waals surface area contributed by atoms with Gasteiger partial charge in [0.1, 0.15) is 0 Å². The first-order valence-corrected chi connectivity index (χ1v) is 4.45. The molecule has 0 N–H and O–H groups in total. The molecule has 0 amide bonds. The lowest BCUT2D eigenvalue weighted by atomic mass is 9.82. The van der Waals surface area contributed by atoms with E-state index in [0.29, 0.717) is 5.92 Å². The number of hydrogen-bond donors (Lipinski definition) is 0. The first kappa shape index (κ1) is 10.5. The molecule has 0 fully saturated rings. The lowest BCUT2D eigenvalue weighted by molar-refractivity contribution is 0.350. The molecule has 0 bridgehead atoms. The maximum absolute atomic E-state index is 8.85. The highest BCUT2D eigenvalue weighted by molar-refractivity contribution is 4.94. The van der Waals surface area contributed by atoms with Gasteiger partial charge in [0.25, 0.3) is 0 Å². The van der Waals surface area contributed by atoms with Crippen LogP contribution in [0.2, 0.25) is 0 Å². The predicted molar refractivity (Wildman–Crippen MR) is 48.1 cm³/mol. The summed E-state index contributed by atoms with van der Waals surface area (Å²) < 4.78 is 0. The topological polar surface area (TPSA) is 23.8 Å². The van der Waals surface area contributed by atoms with Gasteiger partial charge in [-0.05, 0) is 32.1 Å². The highest BCUT2D eigenvalue weighted by atomic mass is 14.3. The van der Waals surface area contributed by atoms with E-state index < -0.39 is 0 Å². The van der Waals surface area contributed by atoms with Gasteiger partial charge in [-0.2, -0.15) is 5.26 Å². The molecule has 0 heterocycles. The Balaban J connectivity index is 3.81. The van der Waals surface area contributed by atoms with Gasteiger partial charge in [-0.3, -0.25) is 0 Å². The minimum atomic E-state index is -0.0791. The van der Waals surface area contributed by atoms with Crippen LogP contribution in [-0.2, 0) is 0 Å². The molecule has 0 spiro atoms. The van der Waals surface area contributed by atoms with Crippen molar-refractivity contribution in [3.63, 3.8) is 0 Å². The van der Waals surface area contributed by atoms with Gasteiger partial charge in [-0.15, -0.1) is 0 Å². The third kappa shape index (κ3) is 4.03. The quantitative estimate of drug-likeness (QED) is 0.607. The Morgan fingerprint density at radius 3 is 2.27 bits per heavy atom. The third-order valence-corrected chi connectivity index (χ3v) is 2.32. The van der Waals surface area contributed by atoms with E-state index in [1.165, 1.54) is 0 Å². The van der Waals surface area contributed by atoms with Crippen LogP contribution in [0.15, 0.2) is 0 Å². The number of hydrogen-bond acceptors (Lipinski definition) is 1. The highest BCUT2D eigenvalue weighted by Gasteiger charge is 2.20. The van der Waals surface area contributed by atoms with E-state index in [-0.39, 0.29) is 5.41 Å². The number of rotatable bonds is 4. The van der Waals surface area contributed by atoms with Crippen molar-refractivity contribution in [2.75, 3.05) is 0 Å². The van der Waals surface area contributed by atoms with Crippen LogP contribution in [0.1, 0.15) is 47.0 Å². The molecule has 0 rings (SSSR count). The Bertz CT molecular complexity index is 143. The summed E-state index contributed by atoms with van der Waals surface area (Å²) in [6, 6.07) is 2.38. The van der Waals surface area contributed by atoms with E-state index in [4.69, 9.17) is 5.26 Å². The maximum atomic E-state index is 8.85. The fourth-order valence-corrected chi connectivity index (χ4v) is 0.919. The van der Waals surface area contributed by atoms with Crippen molar-refractivity contribution in [1.29, 1.82) is 5.26 Å². The van der Waals surface area contributed by atoms with Gasteiger partial charge in [0.05, 0.1) is 11.5 Å². The molecule has 0 aromatic heterocycles. The lowest BCUT2D eigenvalue weighted by Crippen LogP contribution is -2.12. The van der Waals surface area contributed by atoms with Crippen LogP contribution >= 0.6 is 0 Å². The van der Waals surface area contributed by atoms with Gasteiger partial charge in [0, 0.05) is 0 Å². The van der Waals surface area contributed by atoms with Crippen LogP contribution in [0.4, 0.5) is 0 Å². The minimum Gasteiger partial charge on any atom is -0.198 e. The maximum Gasteiger partial charge on any atom is 0.0686 e. The highest BCUT2D eigenvalue weighted by Crippen LogP contribution is 2.27. The van der Waals surface area contributed by atoms with Crippen LogP contribution in [0, 0.1) is 22.7 Å². The average Bonchev–Trinajstić information content (AvgIpc) is 2.00. The van der Waals surface area contributed by atoms with E-state index in [9.17, 15) is 0 Å².